The Morgan fingerprint density at radius 3 is 2.27 bits per heavy atom. The minimum Gasteiger partial charge on any atom is -0.385 e. The molecule has 15 heavy (non-hydrogen) atoms. The highest BCUT2D eigenvalue weighted by atomic mass is 16.5. The van der Waals surface area contributed by atoms with Crippen molar-refractivity contribution < 1.29 is 4.74 Å². The van der Waals surface area contributed by atoms with Gasteiger partial charge in [-0.2, -0.15) is 0 Å². The minimum atomic E-state index is 0.858. The molecule has 0 aliphatic rings. The molecule has 0 amide bonds. The van der Waals surface area contributed by atoms with Crippen molar-refractivity contribution in [3.8, 4) is 0 Å². The van der Waals surface area contributed by atoms with E-state index in [9.17, 15) is 0 Å². The minimum absolute atomic E-state index is 0.858. The van der Waals surface area contributed by atoms with Crippen molar-refractivity contribution in [2.24, 2.45) is 4.99 Å². The van der Waals surface area contributed by atoms with Gasteiger partial charge in [0, 0.05) is 33.4 Å². The normalized spacial score (nSPS) is 9.80. The van der Waals surface area contributed by atoms with Crippen LogP contribution in [0.25, 0.3) is 0 Å². The summed E-state index contributed by atoms with van der Waals surface area (Å²) in [4.78, 5) is 4.45. The van der Waals surface area contributed by atoms with E-state index in [0.717, 1.165) is 45.0 Å². The van der Waals surface area contributed by atoms with Crippen molar-refractivity contribution in [3.63, 3.8) is 0 Å². The number of nitrogens with one attached hydrogen (secondary N) is 2. The maximum absolute atomic E-state index is 4.99. The van der Waals surface area contributed by atoms with E-state index in [1.807, 2.05) is 0 Å². The predicted octanol–water partition coefficient (Wildman–Crippen LogP) is 1.38. The number of nitrogens with zero attached hydrogens (tertiary/aromatic N) is 1. The first-order valence-electron chi connectivity index (χ1n) is 5.86. The summed E-state index contributed by atoms with van der Waals surface area (Å²) >= 11 is 0. The Morgan fingerprint density at radius 2 is 1.73 bits per heavy atom. The summed E-state index contributed by atoms with van der Waals surface area (Å²) in [5, 5.41) is 6.40. The quantitative estimate of drug-likeness (QED) is 0.365. The van der Waals surface area contributed by atoms with Gasteiger partial charge in [0.25, 0.3) is 0 Å². The first-order chi connectivity index (χ1) is 7.35. The van der Waals surface area contributed by atoms with Crippen LogP contribution < -0.4 is 10.6 Å². The lowest BCUT2D eigenvalue weighted by Gasteiger charge is -2.08. The number of methoxy groups -OCH3 is 1. The molecule has 0 atom stereocenters. The molecule has 4 nitrogen and oxygen atoms in total. The number of hydrogen-bond acceptors (Lipinski definition) is 2. The van der Waals surface area contributed by atoms with Crippen molar-refractivity contribution in [3.05, 3.63) is 0 Å². The van der Waals surface area contributed by atoms with Gasteiger partial charge in [0.1, 0.15) is 0 Å². The number of ether oxygens (including phenoxy) is 1. The van der Waals surface area contributed by atoms with Gasteiger partial charge in [-0.1, -0.05) is 0 Å². The molecule has 4 heteroatoms. The maximum Gasteiger partial charge on any atom is 0.191 e. The summed E-state index contributed by atoms with van der Waals surface area (Å²) in [7, 11) is 1.74. The van der Waals surface area contributed by atoms with E-state index in [1.165, 1.54) is 6.42 Å². The lowest BCUT2D eigenvalue weighted by atomic mass is 10.2. The first-order valence-corrected chi connectivity index (χ1v) is 5.86. The van der Waals surface area contributed by atoms with Crippen LogP contribution in [0.15, 0.2) is 4.99 Å². The molecule has 0 aromatic carbocycles. The summed E-state index contributed by atoms with van der Waals surface area (Å²) in [6, 6.07) is 0. The van der Waals surface area contributed by atoms with Crippen molar-refractivity contribution in [1.82, 2.24) is 10.6 Å². The fourth-order valence-electron chi connectivity index (χ4n) is 1.24. The van der Waals surface area contributed by atoms with E-state index >= 15 is 0 Å². The second-order valence-corrected chi connectivity index (χ2v) is 3.34. The third-order valence-electron chi connectivity index (χ3n) is 1.96. The van der Waals surface area contributed by atoms with Gasteiger partial charge in [-0.3, -0.25) is 4.99 Å². The molecule has 0 aromatic heterocycles. The molecular formula is C11H25N3O. The molecule has 0 spiro atoms. The van der Waals surface area contributed by atoms with Gasteiger partial charge in [0.05, 0.1) is 0 Å². The zero-order chi connectivity index (χ0) is 11.4. The predicted molar refractivity (Wildman–Crippen MR) is 65.4 cm³/mol. The third-order valence-corrected chi connectivity index (χ3v) is 1.96. The van der Waals surface area contributed by atoms with E-state index < -0.39 is 0 Å². The van der Waals surface area contributed by atoms with E-state index in [1.54, 1.807) is 7.11 Å². The molecule has 0 bridgehead atoms. The zero-order valence-electron chi connectivity index (χ0n) is 10.3. The van der Waals surface area contributed by atoms with E-state index in [-0.39, 0.29) is 0 Å². The fourth-order valence-corrected chi connectivity index (χ4v) is 1.24. The molecule has 0 saturated carbocycles. The van der Waals surface area contributed by atoms with Crippen LogP contribution in [0.4, 0.5) is 0 Å². The molecule has 2 N–H and O–H groups in total. The highest BCUT2D eigenvalue weighted by Gasteiger charge is 1.93. The second kappa shape index (κ2) is 11.3. The molecule has 0 fully saturated rings. The summed E-state index contributed by atoms with van der Waals surface area (Å²) in [5.41, 5.74) is 0. The van der Waals surface area contributed by atoms with Crippen molar-refractivity contribution in [1.29, 1.82) is 0 Å². The van der Waals surface area contributed by atoms with Gasteiger partial charge < -0.3 is 15.4 Å². The molecule has 0 saturated heterocycles. The largest absolute Gasteiger partial charge is 0.385 e. The topological polar surface area (TPSA) is 45.7 Å². The van der Waals surface area contributed by atoms with Gasteiger partial charge in [-0.15, -0.1) is 0 Å². The number of hydrogen-bond donors (Lipinski definition) is 2. The molecule has 0 rings (SSSR count). The van der Waals surface area contributed by atoms with Crippen LogP contribution >= 0.6 is 0 Å². The third kappa shape index (κ3) is 9.53. The molecule has 0 aliphatic heterocycles. The SMILES string of the molecule is CCNC(=NCCCCCOC)NCC. The van der Waals surface area contributed by atoms with Gasteiger partial charge in [0.15, 0.2) is 5.96 Å². The highest BCUT2D eigenvalue weighted by molar-refractivity contribution is 5.79. The molecule has 0 aromatic rings. The zero-order valence-corrected chi connectivity index (χ0v) is 10.3. The van der Waals surface area contributed by atoms with Crippen molar-refractivity contribution in [2.45, 2.75) is 33.1 Å². The lowest BCUT2D eigenvalue weighted by Crippen LogP contribution is -2.37. The number of rotatable bonds is 8. The lowest BCUT2D eigenvalue weighted by molar-refractivity contribution is 0.192. The van der Waals surface area contributed by atoms with Gasteiger partial charge in [-0.25, -0.2) is 0 Å². The first kappa shape index (κ1) is 14.2. The maximum atomic E-state index is 4.99. The number of unbranched alkanes of at least 4 members (excludes halogenated alkanes) is 2. The molecule has 0 heterocycles. The van der Waals surface area contributed by atoms with Crippen LogP contribution in [0.1, 0.15) is 33.1 Å². The van der Waals surface area contributed by atoms with Gasteiger partial charge in [0.2, 0.25) is 0 Å². The Bertz CT molecular complexity index is 152. The Hall–Kier alpha value is -0.770. The Labute approximate surface area is 93.5 Å². The second-order valence-electron chi connectivity index (χ2n) is 3.34. The number of aliphatic imine (C=N–C) groups is 1. The van der Waals surface area contributed by atoms with E-state index in [2.05, 4.69) is 29.5 Å². The van der Waals surface area contributed by atoms with Crippen LogP contribution in [0, 0.1) is 0 Å². The van der Waals surface area contributed by atoms with Crippen LogP contribution in [-0.4, -0.2) is 39.3 Å². The fraction of sp³-hybridized carbons (Fsp3) is 0.909. The average Bonchev–Trinajstić information content (AvgIpc) is 2.24. The van der Waals surface area contributed by atoms with Crippen LogP contribution in [-0.2, 0) is 4.74 Å². The summed E-state index contributed by atoms with van der Waals surface area (Å²) in [6.45, 7) is 7.72. The monoisotopic (exact) mass is 215 g/mol. The van der Waals surface area contributed by atoms with Crippen molar-refractivity contribution >= 4 is 5.96 Å². The van der Waals surface area contributed by atoms with Gasteiger partial charge in [-0.05, 0) is 33.1 Å². The number of guanidine groups is 1. The van der Waals surface area contributed by atoms with Crippen LogP contribution in [0.2, 0.25) is 0 Å². The van der Waals surface area contributed by atoms with Crippen LogP contribution in [0.5, 0.6) is 0 Å². The van der Waals surface area contributed by atoms with Crippen molar-refractivity contribution in [2.75, 3.05) is 33.4 Å². The highest BCUT2D eigenvalue weighted by Crippen LogP contribution is 1.95. The van der Waals surface area contributed by atoms with Gasteiger partial charge >= 0.3 is 0 Å². The molecule has 0 aliphatic carbocycles. The Morgan fingerprint density at radius 1 is 1.07 bits per heavy atom. The Balaban J connectivity index is 3.51. The summed E-state index contributed by atoms with van der Waals surface area (Å²) in [5.74, 6) is 0.923. The standard InChI is InChI=1S/C11H25N3O/c1-4-12-11(13-5-2)14-9-7-6-8-10-15-3/h4-10H2,1-3H3,(H2,12,13,14). The van der Waals surface area contributed by atoms with E-state index in [0.29, 0.717) is 0 Å². The molecular weight excluding hydrogens is 190 g/mol. The smallest absolute Gasteiger partial charge is 0.191 e. The summed E-state index contributed by atoms with van der Waals surface area (Å²) in [6.07, 6.45) is 3.44. The molecule has 90 valence electrons. The Kier molecular flexibility index (Phi) is 10.7. The summed E-state index contributed by atoms with van der Waals surface area (Å²) < 4.78 is 4.99. The molecule has 0 unspecified atom stereocenters. The average molecular weight is 215 g/mol. The van der Waals surface area contributed by atoms with E-state index in [4.69, 9.17) is 4.74 Å². The molecule has 0 radical (unpaired) electrons. The van der Waals surface area contributed by atoms with Crippen LogP contribution in [0.3, 0.4) is 0 Å².